The third-order valence-electron chi connectivity index (χ3n) is 4.73. The van der Waals surface area contributed by atoms with Crippen LogP contribution >= 0.6 is 0 Å². The van der Waals surface area contributed by atoms with Crippen molar-refractivity contribution in [2.24, 2.45) is 5.92 Å². The van der Waals surface area contributed by atoms with Gasteiger partial charge in [0.1, 0.15) is 10.1 Å². The quantitative estimate of drug-likeness (QED) is 0.359. The fraction of sp³-hybridized carbons (Fsp3) is 0.524. The van der Waals surface area contributed by atoms with Gasteiger partial charge in [-0.3, -0.25) is 0 Å². The molecule has 0 spiro atoms. The van der Waals surface area contributed by atoms with Gasteiger partial charge in [-0.15, -0.1) is 0 Å². The van der Waals surface area contributed by atoms with Crippen molar-refractivity contribution in [3.8, 4) is 0 Å². The van der Waals surface area contributed by atoms with Crippen LogP contribution in [0.5, 0.6) is 0 Å². The van der Waals surface area contributed by atoms with Gasteiger partial charge < -0.3 is 4.55 Å². The molecule has 0 unspecified atom stereocenters. The summed E-state index contributed by atoms with van der Waals surface area (Å²) in [7, 11) is -4.44. The summed E-state index contributed by atoms with van der Waals surface area (Å²) >= 11 is 0. The first kappa shape index (κ1) is 23.6. The molecule has 0 aliphatic carbocycles. The van der Waals surface area contributed by atoms with Gasteiger partial charge in [-0.25, -0.2) is 8.42 Å². The molecule has 2 aromatic carbocycles. The zero-order valence-corrected chi connectivity index (χ0v) is 19.1. The monoisotopic (exact) mass is 384 g/mol. The van der Waals surface area contributed by atoms with Crippen LogP contribution in [0.1, 0.15) is 64.4 Å². The fourth-order valence-electron chi connectivity index (χ4n) is 3.37. The van der Waals surface area contributed by atoms with E-state index in [1.165, 1.54) is 38.2 Å². The average molecular weight is 385 g/mol. The SMILES string of the molecule is CC(C)CCCCCCCCc1c(S(=O)(=O)[O-])ccc2ccccc12.[Na+]. The number of hydrogen-bond donors (Lipinski definition) is 0. The van der Waals surface area contributed by atoms with Gasteiger partial charge >= 0.3 is 29.6 Å². The van der Waals surface area contributed by atoms with E-state index in [-0.39, 0.29) is 34.5 Å². The minimum absolute atomic E-state index is 0. The Hall–Kier alpha value is -0.390. The molecule has 0 atom stereocenters. The van der Waals surface area contributed by atoms with E-state index in [4.69, 9.17) is 0 Å². The maximum Gasteiger partial charge on any atom is 1.00 e. The molecular weight excluding hydrogens is 355 g/mol. The summed E-state index contributed by atoms with van der Waals surface area (Å²) in [6.07, 6.45) is 8.89. The van der Waals surface area contributed by atoms with E-state index in [9.17, 15) is 13.0 Å². The van der Waals surface area contributed by atoms with E-state index in [0.29, 0.717) is 12.0 Å². The molecule has 3 nitrogen and oxygen atoms in total. The predicted molar refractivity (Wildman–Crippen MR) is 103 cm³/mol. The molecule has 0 aliphatic heterocycles. The second kappa shape index (κ2) is 11.5. The fourth-order valence-corrected chi connectivity index (χ4v) is 4.12. The Morgan fingerprint density at radius 2 is 1.50 bits per heavy atom. The summed E-state index contributed by atoms with van der Waals surface area (Å²) in [5.74, 6) is 0.777. The molecule has 0 bridgehead atoms. The van der Waals surface area contributed by atoms with Crippen LogP contribution in [0.4, 0.5) is 0 Å². The van der Waals surface area contributed by atoms with Crippen LogP contribution in [0, 0.1) is 5.92 Å². The normalized spacial score (nSPS) is 11.7. The molecule has 2 rings (SSSR count). The Labute approximate surface area is 180 Å². The summed E-state index contributed by atoms with van der Waals surface area (Å²) in [4.78, 5) is -0.0527. The molecule has 138 valence electrons. The molecule has 0 aromatic heterocycles. The van der Waals surface area contributed by atoms with Crippen molar-refractivity contribution in [1.29, 1.82) is 0 Å². The number of aryl methyl sites for hydroxylation is 1. The van der Waals surface area contributed by atoms with Crippen molar-refractivity contribution in [2.45, 2.75) is 70.1 Å². The smallest absolute Gasteiger partial charge is 0.744 e. The van der Waals surface area contributed by atoms with Gasteiger partial charge in [0.2, 0.25) is 0 Å². The minimum Gasteiger partial charge on any atom is -0.744 e. The second-order valence-corrected chi connectivity index (χ2v) is 8.62. The number of benzene rings is 2. The molecular formula is C21H29NaO3S. The van der Waals surface area contributed by atoms with Gasteiger partial charge in [-0.1, -0.05) is 82.7 Å². The summed E-state index contributed by atoms with van der Waals surface area (Å²) in [5.41, 5.74) is 0.688. The molecule has 0 radical (unpaired) electrons. The standard InChI is InChI=1S/C21H30O3S.Na/c1-17(2)11-7-5-3-4-6-8-14-20-19-13-10-9-12-18(19)15-16-21(20)25(22,23)24;/h9-10,12-13,15-17H,3-8,11,14H2,1-2H3,(H,22,23,24);/q;+1/p-1. The minimum atomic E-state index is -4.44. The Morgan fingerprint density at radius 1 is 0.885 bits per heavy atom. The molecule has 0 heterocycles. The summed E-state index contributed by atoms with van der Waals surface area (Å²) in [5, 5.41) is 1.87. The third kappa shape index (κ3) is 7.32. The molecule has 0 aliphatic rings. The van der Waals surface area contributed by atoms with Crippen LogP contribution in [0.15, 0.2) is 41.3 Å². The first-order valence-electron chi connectivity index (χ1n) is 9.36. The van der Waals surface area contributed by atoms with Gasteiger partial charge in [-0.05, 0) is 41.2 Å². The van der Waals surface area contributed by atoms with Crippen molar-refractivity contribution >= 4 is 20.9 Å². The Morgan fingerprint density at radius 3 is 2.15 bits per heavy atom. The maximum atomic E-state index is 11.6. The third-order valence-corrected chi connectivity index (χ3v) is 5.65. The predicted octanol–water partition coefficient (Wildman–Crippen LogP) is 2.68. The van der Waals surface area contributed by atoms with E-state index in [2.05, 4.69) is 13.8 Å². The van der Waals surface area contributed by atoms with Crippen LogP contribution in [0.3, 0.4) is 0 Å². The van der Waals surface area contributed by atoms with Crippen molar-refractivity contribution < 1.29 is 42.5 Å². The van der Waals surface area contributed by atoms with Crippen molar-refractivity contribution in [3.05, 3.63) is 42.0 Å². The number of hydrogen-bond acceptors (Lipinski definition) is 3. The van der Waals surface area contributed by atoms with Crippen molar-refractivity contribution in [3.63, 3.8) is 0 Å². The van der Waals surface area contributed by atoms with Gasteiger partial charge in [0.15, 0.2) is 0 Å². The topological polar surface area (TPSA) is 57.2 Å². The van der Waals surface area contributed by atoms with E-state index < -0.39 is 10.1 Å². The van der Waals surface area contributed by atoms with E-state index in [1.807, 2.05) is 24.3 Å². The zero-order chi connectivity index (χ0) is 18.3. The van der Waals surface area contributed by atoms with Crippen LogP contribution in [0.2, 0.25) is 0 Å². The number of rotatable bonds is 10. The first-order valence-corrected chi connectivity index (χ1v) is 10.8. The van der Waals surface area contributed by atoms with Crippen LogP contribution in [-0.4, -0.2) is 13.0 Å². The van der Waals surface area contributed by atoms with E-state index in [0.717, 1.165) is 29.5 Å². The maximum absolute atomic E-state index is 11.6. The van der Waals surface area contributed by atoms with Crippen molar-refractivity contribution in [1.82, 2.24) is 0 Å². The molecule has 0 amide bonds. The number of unbranched alkanes of at least 4 members (excludes halogenated alkanes) is 5. The molecule has 2 aromatic rings. The van der Waals surface area contributed by atoms with E-state index in [1.54, 1.807) is 6.07 Å². The Balaban J connectivity index is 0.00000338. The largest absolute Gasteiger partial charge is 1.00 e. The zero-order valence-electron chi connectivity index (χ0n) is 16.3. The molecule has 0 fully saturated rings. The molecule has 0 saturated carbocycles. The van der Waals surface area contributed by atoms with Crippen LogP contribution in [0.25, 0.3) is 10.8 Å². The summed E-state index contributed by atoms with van der Waals surface area (Å²) in [6, 6.07) is 10.9. The van der Waals surface area contributed by atoms with Gasteiger partial charge in [-0.2, -0.15) is 0 Å². The van der Waals surface area contributed by atoms with Crippen LogP contribution < -0.4 is 29.6 Å². The molecule has 0 saturated heterocycles. The molecule has 5 heteroatoms. The summed E-state index contributed by atoms with van der Waals surface area (Å²) < 4.78 is 34.8. The summed E-state index contributed by atoms with van der Waals surface area (Å²) in [6.45, 7) is 4.51. The number of fused-ring (bicyclic) bond motifs is 1. The second-order valence-electron chi connectivity index (χ2n) is 7.27. The van der Waals surface area contributed by atoms with Crippen LogP contribution in [-0.2, 0) is 16.5 Å². The average Bonchev–Trinajstić information content (AvgIpc) is 2.55. The Kier molecular flexibility index (Phi) is 10.4. The van der Waals surface area contributed by atoms with Gasteiger partial charge in [0.25, 0.3) is 0 Å². The molecule has 0 N–H and O–H groups in total. The van der Waals surface area contributed by atoms with Gasteiger partial charge in [0, 0.05) is 0 Å². The van der Waals surface area contributed by atoms with E-state index >= 15 is 0 Å². The Bertz CT molecular complexity index is 785. The van der Waals surface area contributed by atoms with Gasteiger partial charge in [0.05, 0.1) is 4.90 Å². The van der Waals surface area contributed by atoms with Crippen molar-refractivity contribution in [2.75, 3.05) is 0 Å². The first-order chi connectivity index (χ1) is 11.9. The molecule has 26 heavy (non-hydrogen) atoms.